The van der Waals surface area contributed by atoms with Gasteiger partial charge in [-0.2, -0.15) is 0 Å². The molecule has 0 bridgehead atoms. The number of ether oxygens (including phenoxy) is 1. The Kier molecular flexibility index (Phi) is 5.96. The van der Waals surface area contributed by atoms with E-state index in [1.165, 1.54) is 11.8 Å². The van der Waals surface area contributed by atoms with Gasteiger partial charge in [-0.05, 0) is 43.3 Å². The Hall–Kier alpha value is -2.31. The molecular weight excluding hydrogens is 370 g/mol. The Morgan fingerprint density at radius 1 is 1.15 bits per heavy atom. The van der Waals surface area contributed by atoms with E-state index in [2.05, 4.69) is 10.2 Å². The Balaban J connectivity index is 2.08. The lowest BCUT2D eigenvalue weighted by atomic mass is 10.2. The van der Waals surface area contributed by atoms with E-state index in [0.717, 1.165) is 22.2 Å². The zero-order valence-corrected chi connectivity index (χ0v) is 16.0. The topological polar surface area (TPSA) is 57.0 Å². The third-order valence-electron chi connectivity index (χ3n) is 3.75. The smallest absolute Gasteiger partial charge is 0.196 e. The van der Waals surface area contributed by atoms with Crippen molar-refractivity contribution in [2.45, 2.75) is 18.5 Å². The maximum absolute atomic E-state index is 11.2. The molecule has 0 aliphatic rings. The number of halogens is 1. The summed E-state index contributed by atoms with van der Waals surface area (Å²) in [5, 5.41) is 10.1. The van der Waals surface area contributed by atoms with Gasteiger partial charge in [-0.3, -0.25) is 9.36 Å². The molecule has 0 aliphatic carbocycles. The molecule has 134 valence electrons. The van der Waals surface area contributed by atoms with E-state index in [9.17, 15) is 4.79 Å². The second-order valence-corrected chi connectivity index (χ2v) is 7.12. The first-order valence-corrected chi connectivity index (χ1v) is 9.43. The van der Waals surface area contributed by atoms with Crippen molar-refractivity contribution in [2.75, 3.05) is 12.9 Å². The van der Waals surface area contributed by atoms with Crippen molar-refractivity contribution in [1.82, 2.24) is 14.8 Å². The van der Waals surface area contributed by atoms with Crippen molar-refractivity contribution in [2.24, 2.45) is 0 Å². The number of para-hydroxylation sites is 1. The van der Waals surface area contributed by atoms with Crippen molar-refractivity contribution in [1.29, 1.82) is 0 Å². The largest absolute Gasteiger partial charge is 0.496 e. The van der Waals surface area contributed by atoms with E-state index in [-0.39, 0.29) is 5.78 Å². The maximum atomic E-state index is 11.2. The van der Waals surface area contributed by atoms with Crippen LogP contribution in [0.4, 0.5) is 0 Å². The van der Waals surface area contributed by atoms with Crippen molar-refractivity contribution < 1.29 is 9.53 Å². The minimum Gasteiger partial charge on any atom is -0.496 e. The Labute approximate surface area is 161 Å². The molecule has 0 aliphatic heterocycles. The summed E-state index contributed by atoms with van der Waals surface area (Å²) in [5.74, 6) is 2.19. The number of rotatable bonds is 7. The zero-order chi connectivity index (χ0) is 18.5. The lowest BCUT2D eigenvalue weighted by Crippen LogP contribution is -2.01. The van der Waals surface area contributed by atoms with Crippen molar-refractivity contribution in [3.63, 3.8) is 0 Å². The fourth-order valence-electron chi connectivity index (χ4n) is 2.48. The number of hydrogen-bond donors (Lipinski definition) is 0. The standard InChI is InChI=1S/C19H18ClN3O2S/c1-13(24)11-12-26-19-22-21-18(16-5-3-4-6-17(16)25-2)23(19)15-9-7-14(20)8-10-15/h3-10H,11-12H2,1-2H3. The number of benzene rings is 2. The number of hydrogen-bond acceptors (Lipinski definition) is 5. The number of thioether (sulfide) groups is 1. The minimum absolute atomic E-state index is 0.153. The van der Waals surface area contributed by atoms with Crippen LogP contribution in [0.5, 0.6) is 5.75 Å². The molecule has 0 radical (unpaired) electrons. The third-order valence-corrected chi connectivity index (χ3v) is 4.93. The Morgan fingerprint density at radius 3 is 2.58 bits per heavy atom. The van der Waals surface area contributed by atoms with Gasteiger partial charge in [-0.25, -0.2) is 0 Å². The highest BCUT2D eigenvalue weighted by molar-refractivity contribution is 7.99. The van der Waals surface area contributed by atoms with Gasteiger partial charge in [-0.15, -0.1) is 10.2 Å². The molecule has 0 atom stereocenters. The second-order valence-electron chi connectivity index (χ2n) is 5.62. The highest BCUT2D eigenvalue weighted by Crippen LogP contribution is 2.33. The molecule has 0 N–H and O–H groups in total. The Morgan fingerprint density at radius 2 is 1.88 bits per heavy atom. The number of nitrogens with zero attached hydrogens (tertiary/aromatic N) is 3. The van der Waals surface area contributed by atoms with Crippen molar-refractivity contribution in [3.05, 3.63) is 53.6 Å². The average molecular weight is 388 g/mol. The molecule has 5 nitrogen and oxygen atoms in total. The van der Waals surface area contributed by atoms with Gasteiger partial charge in [0.15, 0.2) is 11.0 Å². The summed E-state index contributed by atoms with van der Waals surface area (Å²) in [6, 6.07) is 15.2. The summed E-state index contributed by atoms with van der Waals surface area (Å²) in [4.78, 5) is 11.2. The van der Waals surface area contributed by atoms with E-state index in [1.807, 2.05) is 53.1 Å². The Bertz CT molecular complexity index is 909. The zero-order valence-electron chi connectivity index (χ0n) is 14.5. The summed E-state index contributed by atoms with van der Waals surface area (Å²) in [6.07, 6.45) is 0.488. The van der Waals surface area contributed by atoms with Gasteiger partial charge in [-0.1, -0.05) is 35.5 Å². The van der Waals surface area contributed by atoms with E-state index >= 15 is 0 Å². The predicted molar refractivity (Wildman–Crippen MR) is 104 cm³/mol. The SMILES string of the molecule is COc1ccccc1-c1nnc(SCCC(C)=O)n1-c1ccc(Cl)cc1. The third kappa shape index (κ3) is 4.08. The molecule has 3 aromatic rings. The molecule has 2 aromatic carbocycles. The maximum Gasteiger partial charge on any atom is 0.196 e. The molecule has 1 heterocycles. The number of ketones is 1. The van der Waals surface area contributed by atoms with Crippen molar-refractivity contribution >= 4 is 29.1 Å². The van der Waals surface area contributed by atoms with E-state index in [0.29, 0.717) is 23.0 Å². The quantitative estimate of drug-likeness (QED) is 0.551. The molecule has 26 heavy (non-hydrogen) atoms. The average Bonchev–Trinajstić information content (AvgIpc) is 3.05. The van der Waals surface area contributed by atoms with Crippen LogP contribution >= 0.6 is 23.4 Å². The number of carbonyl (C=O) groups excluding carboxylic acids is 1. The van der Waals surface area contributed by atoms with Gasteiger partial charge in [0.2, 0.25) is 0 Å². The summed E-state index contributed by atoms with van der Waals surface area (Å²) in [5.41, 5.74) is 1.74. The summed E-state index contributed by atoms with van der Waals surface area (Å²) >= 11 is 7.53. The number of carbonyl (C=O) groups is 1. The van der Waals surface area contributed by atoms with Gasteiger partial charge in [0.25, 0.3) is 0 Å². The van der Waals surface area contributed by atoms with Crippen LogP contribution in [-0.4, -0.2) is 33.4 Å². The van der Waals surface area contributed by atoms with E-state index in [4.69, 9.17) is 16.3 Å². The molecule has 0 saturated carbocycles. The fraction of sp³-hybridized carbons (Fsp3) is 0.211. The molecular formula is C19H18ClN3O2S. The first kappa shape index (κ1) is 18.5. The molecule has 0 spiro atoms. The highest BCUT2D eigenvalue weighted by atomic mass is 35.5. The summed E-state index contributed by atoms with van der Waals surface area (Å²) < 4.78 is 7.44. The molecule has 0 fully saturated rings. The summed E-state index contributed by atoms with van der Waals surface area (Å²) in [7, 11) is 1.63. The van der Waals surface area contributed by atoms with Crippen LogP contribution in [0.3, 0.4) is 0 Å². The van der Waals surface area contributed by atoms with Crippen LogP contribution in [0.25, 0.3) is 17.1 Å². The van der Waals surface area contributed by atoms with E-state index in [1.54, 1.807) is 14.0 Å². The lowest BCUT2D eigenvalue weighted by Gasteiger charge is -2.12. The summed E-state index contributed by atoms with van der Waals surface area (Å²) in [6.45, 7) is 1.59. The van der Waals surface area contributed by atoms with Crippen LogP contribution in [0.15, 0.2) is 53.7 Å². The van der Waals surface area contributed by atoms with Gasteiger partial charge in [0.1, 0.15) is 11.5 Å². The monoisotopic (exact) mass is 387 g/mol. The first-order valence-electron chi connectivity index (χ1n) is 8.07. The van der Waals surface area contributed by atoms with Crippen LogP contribution in [0, 0.1) is 0 Å². The van der Waals surface area contributed by atoms with Gasteiger partial charge in [0.05, 0.1) is 12.7 Å². The molecule has 0 amide bonds. The second kappa shape index (κ2) is 8.38. The number of methoxy groups -OCH3 is 1. The molecule has 0 unspecified atom stereocenters. The minimum atomic E-state index is 0.153. The van der Waals surface area contributed by atoms with Crippen molar-refractivity contribution in [3.8, 4) is 22.8 Å². The van der Waals surface area contributed by atoms with Crippen LogP contribution in [-0.2, 0) is 4.79 Å². The molecule has 3 rings (SSSR count). The predicted octanol–water partition coefficient (Wildman–Crippen LogP) is 4.67. The first-order chi connectivity index (χ1) is 12.6. The molecule has 7 heteroatoms. The van der Waals surface area contributed by atoms with Gasteiger partial charge < -0.3 is 4.74 Å². The van der Waals surface area contributed by atoms with E-state index < -0.39 is 0 Å². The van der Waals surface area contributed by atoms with Crippen LogP contribution in [0.1, 0.15) is 13.3 Å². The van der Waals surface area contributed by atoms with Gasteiger partial charge in [0, 0.05) is 22.9 Å². The highest BCUT2D eigenvalue weighted by Gasteiger charge is 2.19. The fourth-order valence-corrected chi connectivity index (χ4v) is 3.59. The van der Waals surface area contributed by atoms with Gasteiger partial charge >= 0.3 is 0 Å². The van der Waals surface area contributed by atoms with Crippen LogP contribution < -0.4 is 4.74 Å². The normalized spacial score (nSPS) is 10.7. The molecule has 0 saturated heterocycles. The van der Waals surface area contributed by atoms with Crippen LogP contribution in [0.2, 0.25) is 5.02 Å². The number of aromatic nitrogens is 3. The molecule has 1 aromatic heterocycles. The number of Topliss-reactive ketones (excluding diaryl/α,β-unsaturated/α-hetero) is 1. The lowest BCUT2D eigenvalue weighted by molar-refractivity contribution is -0.116.